The summed E-state index contributed by atoms with van der Waals surface area (Å²) in [6.07, 6.45) is 10.0. The highest BCUT2D eigenvalue weighted by atomic mass is 16.5. The second kappa shape index (κ2) is 7.59. The number of esters is 1. The van der Waals surface area contributed by atoms with Crippen LogP contribution < -0.4 is 0 Å². The van der Waals surface area contributed by atoms with Gasteiger partial charge in [0.15, 0.2) is 0 Å². The van der Waals surface area contributed by atoms with E-state index in [0.717, 1.165) is 0 Å². The number of allylic oxidation sites excluding steroid dienone is 2. The van der Waals surface area contributed by atoms with Gasteiger partial charge in [0.25, 0.3) is 0 Å². The molecule has 2 nitrogen and oxygen atoms in total. The van der Waals surface area contributed by atoms with Gasteiger partial charge < -0.3 is 4.74 Å². The van der Waals surface area contributed by atoms with E-state index in [0.29, 0.717) is 5.57 Å². The van der Waals surface area contributed by atoms with E-state index < -0.39 is 0 Å². The third kappa shape index (κ3) is 7.32. The van der Waals surface area contributed by atoms with Crippen LogP contribution in [0.1, 0.15) is 32.6 Å². The fourth-order valence-electron chi connectivity index (χ4n) is 0.934. The number of hydrogen-bond acceptors (Lipinski definition) is 2. The smallest absolute Gasteiger partial charge is 0.332 e. The molecule has 2 heteroatoms. The van der Waals surface area contributed by atoms with Crippen molar-refractivity contribution in [2.45, 2.75) is 32.6 Å². The summed E-state index contributed by atoms with van der Waals surface area (Å²) in [4.78, 5) is 10.2. The number of hydrogen-bond donors (Lipinski definition) is 0. The minimum absolute atomic E-state index is 0.347. The van der Waals surface area contributed by atoms with Crippen molar-refractivity contribution in [3.8, 4) is 0 Å². The molecule has 0 N–H and O–H groups in total. The van der Waals surface area contributed by atoms with Gasteiger partial charge >= 0.3 is 5.97 Å². The molecule has 0 aromatic rings. The predicted octanol–water partition coefficient (Wildman–Crippen LogP) is 2.85. The van der Waals surface area contributed by atoms with Gasteiger partial charge in [0.05, 0.1) is 7.11 Å². The van der Waals surface area contributed by atoms with Crippen LogP contribution in [0.4, 0.5) is 0 Å². The van der Waals surface area contributed by atoms with Gasteiger partial charge in [-0.15, -0.1) is 0 Å². The Morgan fingerprint density at radius 2 is 1.77 bits per heavy atom. The summed E-state index contributed by atoms with van der Waals surface area (Å²) >= 11 is 0. The second-order valence-electron chi connectivity index (χ2n) is 3.03. The van der Waals surface area contributed by atoms with Crippen LogP contribution in [0.3, 0.4) is 0 Å². The van der Waals surface area contributed by atoms with Crippen LogP contribution in [0.5, 0.6) is 0 Å². The van der Waals surface area contributed by atoms with Crippen LogP contribution in [0.15, 0.2) is 24.3 Å². The SMILES string of the molecule is C1=CCCCC1.C=C(C)C(=O)OC. The summed E-state index contributed by atoms with van der Waals surface area (Å²) in [7, 11) is 1.33. The fraction of sp³-hybridized carbons (Fsp3) is 0.545. The van der Waals surface area contributed by atoms with Crippen molar-refractivity contribution in [2.75, 3.05) is 7.11 Å². The molecule has 0 saturated carbocycles. The van der Waals surface area contributed by atoms with Gasteiger partial charge in [-0.1, -0.05) is 18.7 Å². The Morgan fingerprint density at radius 1 is 1.31 bits per heavy atom. The van der Waals surface area contributed by atoms with Gasteiger partial charge in [0.1, 0.15) is 0 Å². The lowest BCUT2D eigenvalue weighted by Crippen LogP contribution is -1.98. The maximum absolute atomic E-state index is 10.2. The summed E-state index contributed by atoms with van der Waals surface area (Å²) in [5.74, 6) is -0.347. The first kappa shape index (κ1) is 11.9. The maximum atomic E-state index is 10.2. The molecule has 0 unspecified atom stereocenters. The van der Waals surface area contributed by atoms with Gasteiger partial charge in [0.2, 0.25) is 0 Å². The van der Waals surface area contributed by atoms with Gasteiger partial charge in [-0.05, 0) is 32.6 Å². The molecule has 0 atom stereocenters. The van der Waals surface area contributed by atoms with Crippen molar-refractivity contribution >= 4 is 5.97 Å². The molecular weight excluding hydrogens is 164 g/mol. The molecule has 0 aromatic heterocycles. The van der Waals surface area contributed by atoms with Crippen LogP contribution in [-0.2, 0) is 9.53 Å². The number of carbonyl (C=O) groups excluding carboxylic acids is 1. The summed E-state index contributed by atoms with van der Waals surface area (Å²) in [6.45, 7) is 4.95. The van der Waals surface area contributed by atoms with Crippen molar-refractivity contribution in [3.63, 3.8) is 0 Å². The Balaban J connectivity index is 0.000000223. The monoisotopic (exact) mass is 182 g/mol. The number of rotatable bonds is 1. The first-order chi connectivity index (χ1) is 6.18. The zero-order chi connectivity index (χ0) is 10.1. The minimum atomic E-state index is -0.347. The van der Waals surface area contributed by atoms with Crippen LogP contribution in [0.25, 0.3) is 0 Å². The van der Waals surface area contributed by atoms with E-state index in [-0.39, 0.29) is 5.97 Å². The predicted molar refractivity (Wildman–Crippen MR) is 54.4 cm³/mol. The standard InChI is InChI=1S/C6H10.C5H8O2/c1-2-4-6-5-3-1;1-4(2)5(6)7-3/h1-2H,3-6H2;1H2,2-3H3. The number of carbonyl (C=O) groups is 1. The molecule has 0 amide bonds. The van der Waals surface area contributed by atoms with Gasteiger partial charge in [-0.3, -0.25) is 0 Å². The van der Waals surface area contributed by atoms with Crippen molar-refractivity contribution < 1.29 is 9.53 Å². The van der Waals surface area contributed by atoms with E-state index in [4.69, 9.17) is 0 Å². The average molecular weight is 182 g/mol. The molecular formula is C11H18O2. The lowest BCUT2D eigenvalue weighted by Gasteiger charge is -1.97. The third-order valence-corrected chi connectivity index (χ3v) is 1.69. The Labute approximate surface area is 80.3 Å². The van der Waals surface area contributed by atoms with Crippen LogP contribution >= 0.6 is 0 Å². The third-order valence-electron chi connectivity index (χ3n) is 1.69. The van der Waals surface area contributed by atoms with E-state index in [2.05, 4.69) is 23.5 Å². The van der Waals surface area contributed by atoms with Gasteiger partial charge in [-0.25, -0.2) is 4.79 Å². The van der Waals surface area contributed by atoms with Crippen LogP contribution in [-0.4, -0.2) is 13.1 Å². The van der Waals surface area contributed by atoms with Gasteiger partial charge in [0, 0.05) is 5.57 Å². The molecule has 0 spiro atoms. The molecule has 74 valence electrons. The number of methoxy groups -OCH3 is 1. The largest absolute Gasteiger partial charge is 0.466 e. The summed E-state index contributed by atoms with van der Waals surface area (Å²) in [5.41, 5.74) is 0.433. The molecule has 0 aromatic carbocycles. The molecule has 0 bridgehead atoms. The van der Waals surface area contributed by atoms with Crippen molar-refractivity contribution in [3.05, 3.63) is 24.3 Å². The molecule has 1 aliphatic carbocycles. The van der Waals surface area contributed by atoms with Gasteiger partial charge in [-0.2, -0.15) is 0 Å². The van der Waals surface area contributed by atoms with Crippen molar-refractivity contribution in [1.29, 1.82) is 0 Å². The van der Waals surface area contributed by atoms with E-state index in [1.807, 2.05) is 0 Å². The summed E-state index contributed by atoms with van der Waals surface area (Å²) < 4.78 is 4.27. The van der Waals surface area contributed by atoms with Crippen molar-refractivity contribution in [1.82, 2.24) is 0 Å². The zero-order valence-electron chi connectivity index (χ0n) is 8.51. The average Bonchev–Trinajstić information content (AvgIpc) is 2.20. The van der Waals surface area contributed by atoms with Crippen LogP contribution in [0.2, 0.25) is 0 Å². The second-order valence-corrected chi connectivity index (χ2v) is 3.03. The maximum Gasteiger partial charge on any atom is 0.332 e. The number of ether oxygens (including phenoxy) is 1. The molecule has 0 saturated heterocycles. The first-order valence-electron chi connectivity index (χ1n) is 4.57. The lowest BCUT2D eigenvalue weighted by atomic mass is 10.1. The topological polar surface area (TPSA) is 26.3 Å². The highest BCUT2D eigenvalue weighted by molar-refractivity contribution is 5.86. The molecule has 0 aliphatic heterocycles. The molecule has 0 fully saturated rings. The van der Waals surface area contributed by atoms with Crippen molar-refractivity contribution in [2.24, 2.45) is 0 Å². The van der Waals surface area contributed by atoms with E-state index >= 15 is 0 Å². The van der Waals surface area contributed by atoms with E-state index in [1.54, 1.807) is 6.92 Å². The molecule has 0 heterocycles. The van der Waals surface area contributed by atoms with Crippen LogP contribution in [0, 0.1) is 0 Å². The normalized spacial score (nSPS) is 14.0. The fourth-order valence-corrected chi connectivity index (χ4v) is 0.934. The van der Waals surface area contributed by atoms with E-state index in [1.165, 1.54) is 32.8 Å². The highest BCUT2D eigenvalue weighted by Gasteiger charge is 1.95. The Bertz CT molecular complexity index is 184. The Morgan fingerprint density at radius 3 is 1.85 bits per heavy atom. The Hall–Kier alpha value is -1.05. The van der Waals surface area contributed by atoms with E-state index in [9.17, 15) is 4.79 Å². The zero-order valence-corrected chi connectivity index (χ0v) is 8.51. The first-order valence-corrected chi connectivity index (χ1v) is 4.57. The molecule has 0 radical (unpaired) electrons. The Kier molecular flexibility index (Phi) is 6.98. The molecule has 13 heavy (non-hydrogen) atoms. The minimum Gasteiger partial charge on any atom is -0.466 e. The quantitative estimate of drug-likeness (QED) is 0.354. The summed E-state index contributed by atoms with van der Waals surface area (Å²) in [6, 6.07) is 0. The lowest BCUT2D eigenvalue weighted by molar-refractivity contribution is -0.136. The molecule has 1 rings (SSSR count). The summed E-state index contributed by atoms with van der Waals surface area (Å²) in [5, 5.41) is 0. The highest BCUT2D eigenvalue weighted by Crippen LogP contribution is 2.07. The molecule has 1 aliphatic rings.